The molecule has 2 fully saturated rings. The highest BCUT2D eigenvalue weighted by Gasteiger charge is 2.32. The van der Waals surface area contributed by atoms with Crippen molar-refractivity contribution in [2.45, 2.75) is 57.8 Å². The van der Waals surface area contributed by atoms with E-state index >= 15 is 0 Å². The molecule has 2 heterocycles. The van der Waals surface area contributed by atoms with Crippen LogP contribution in [0.1, 0.15) is 77.9 Å². The maximum absolute atomic E-state index is 11.9. The molecular formula is C21H29NO2S. The second-order valence-corrected chi connectivity index (χ2v) is 9.50. The van der Waals surface area contributed by atoms with Gasteiger partial charge in [-0.3, -0.25) is 0 Å². The minimum atomic E-state index is -0.746. The summed E-state index contributed by atoms with van der Waals surface area (Å²) >= 11 is 1.53. The van der Waals surface area contributed by atoms with Crippen molar-refractivity contribution in [3.8, 4) is 0 Å². The van der Waals surface area contributed by atoms with Crippen molar-refractivity contribution < 1.29 is 9.90 Å². The molecule has 4 rings (SSSR count). The second-order valence-electron chi connectivity index (χ2n) is 8.42. The highest BCUT2D eigenvalue weighted by Crippen LogP contribution is 2.47. The molecule has 25 heavy (non-hydrogen) atoms. The van der Waals surface area contributed by atoms with Gasteiger partial charge in [0, 0.05) is 23.5 Å². The molecule has 0 unspecified atom stereocenters. The van der Waals surface area contributed by atoms with Gasteiger partial charge in [0.25, 0.3) is 0 Å². The summed E-state index contributed by atoms with van der Waals surface area (Å²) in [4.78, 5) is 16.1. The van der Waals surface area contributed by atoms with Gasteiger partial charge in [-0.2, -0.15) is 0 Å². The van der Waals surface area contributed by atoms with Gasteiger partial charge in [-0.05, 0) is 68.5 Å². The predicted molar refractivity (Wildman–Crippen MR) is 103 cm³/mol. The summed E-state index contributed by atoms with van der Waals surface area (Å²) in [6, 6.07) is 2.23. The third-order valence-corrected chi connectivity index (χ3v) is 7.62. The number of aromatic carboxylic acids is 1. The number of carbonyl (C=O) groups is 1. The molecule has 0 radical (unpaired) electrons. The third-order valence-electron chi connectivity index (χ3n) is 6.34. The molecule has 1 N–H and O–H groups in total. The monoisotopic (exact) mass is 359 g/mol. The van der Waals surface area contributed by atoms with E-state index in [1.54, 1.807) is 5.57 Å². The first kappa shape index (κ1) is 17.3. The van der Waals surface area contributed by atoms with E-state index in [0.29, 0.717) is 16.7 Å². The molecule has 1 aliphatic heterocycles. The minimum absolute atomic E-state index is 0.578. The fraction of sp³-hybridized carbons (Fsp3) is 0.667. The van der Waals surface area contributed by atoms with Gasteiger partial charge in [0.05, 0.1) is 0 Å². The van der Waals surface area contributed by atoms with Crippen molar-refractivity contribution in [1.29, 1.82) is 0 Å². The Balaban J connectivity index is 1.74. The van der Waals surface area contributed by atoms with E-state index in [1.807, 2.05) is 0 Å². The highest BCUT2D eigenvalue weighted by molar-refractivity contribution is 7.14. The molecule has 136 valence electrons. The fourth-order valence-corrected chi connectivity index (χ4v) is 5.79. The number of hydrogen-bond donors (Lipinski definition) is 1. The van der Waals surface area contributed by atoms with Crippen LogP contribution in [0.25, 0.3) is 5.57 Å². The molecule has 2 saturated carbocycles. The first-order valence-corrected chi connectivity index (χ1v) is 10.6. The summed E-state index contributed by atoms with van der Waals surface area (Å²) in [5.41, 5.74) is 3.96. The van der Waals surface area contributed by atoms with Gasteiger partial charge < -0.3 is 10.0 Å². The van der Waals surface area contributed by atoms with Crippen LogP contribution in [0.5, 0.6) is 0 Å². The lowest BCUT2D eigenvalue weighted by Crippen LogP contribution is -2.30. The van der Waals surface area contributed by atoms with Crippen molar-refractivity contribution in [3.05, 3.63) is 27.0 Å². The van der Waals surface area contributed by atoms with E-state index in [1.165, 1.54) is 60.3 Å². The Morgan fingerprint density at radius 3 is 2.48 bits per heavy atom. The van der Waals surface area contributed by atoms with Crippen LogP contribution in [-0.4, -0.2) is 36.1 Å². The lowest BCUT2D eigenvalue weighted by Gasteiger charge is -2.35. The molecule has 0 bridgehead atoms. The topological polar surface area (TPSA) is 40.5 Å². The predicted octanol–water partition coefficient (Wildman–Crippen LogP) is 5.24. The molecule has 3 nitrogen and oxygen atoms in total. The number of likely N-dealkylation sites (N-methyl/N-ethyl adjacent to an activating group) is 1. The standard InChI is InChI=1S/C21H29NO2S/c1-13-3-5-14(6-4-13)16-9-10-22(2)12-18(16)17-11-19(15-7-8-15)25-20(17)21(23)24/h11,13-15H,3-10,12H2,1-2H3,(H,23,24). The molecule has 1 aromatic rings. The summed E-state index contributed by atoms with van der Waals surface area (Å²) in [7, 11) is 2.16. The van der Waals surface area contributed by atoms with Crippen molar-refractivity contribution in [1.82, 2.24) is 4.90 Å². The quantitative estimate of drug-likeness (QED) is 0.799. The number of rotatable bonds is 4. The first-order chi connectivity index (χ1) is 12.0. The van der Waals surface area contributed by atoms with E-state index in [9.17, 15) is 9.90 Å². The summed E-state index contributed by atoms with van der Waals surface area (Å²) in [6.07, 6.45) is 8.77. The zero-order valence-corrected chi connectivity index (χ0v) is 16.2. The lowest BCUT2D eigenvalue weighted by molar-refractivity contribution is 0.0702. The van der Waals surface area contributed by atoms with Crippen LogP contribution in [-0.2, 0) is 0 Å². The van der Waals surface area contributed by atoms with Crippen LogP contribution in [0, 0.1) is 11.8 Å². The Bertz CT molecular complexity index is 693. The van der Waals surface area contributed by atoms with Crippen LogP contribution in [0.15, 0.2) is 11.6 Å². The number of hydrogen-bond acceptors (Lipinski definition) is 3. The van der Waals surface area contributed by atoms with Crippen molar-refractivity contribution in [2.75, 3.05) is 20.1 Å². The minimum Gasteiger partial charge on any atom is -0.477 e. The molecule has 0 spiro atoms. The summed E-state index contributed by atoms with van der Waals surface area (Å²) in [5, 5.41) is 9.78. The Morgan fingerprint density at radius 2 is 1.84 bits per heavy atom. The first-order valence-electron chi connectivity index (χ1n) is 9.80. The third kappa shape index (κ3) is 3.56. The van der Waals surface area contributed by atoms with Crippen LogP contribution in [0.2, 0.25) is 0 Å². The smallest absolute Gasteiger partial charge is 0.346 e. The number of carboxylic acid groups (broad SMARTS) is 1. The molecule has 1 aromatic heterocycles. The van der Waals surface area contributed by atoms with Crippen LogP contribution in [0.3, 0.4) is 0 Å². The highest BCUT2D eigenvalue weighted by atomic mass is 32.1. The largest absolute Gasteiger partial charge is 0.477 e. The fourth-order valence-electron chi connectivity index (χ4n) is 4.59. The van der Waals surface area contributed by atoms with E-state index in [-0.39, 0.29) is 0 Å². The number of nitrogens with zero attached hydrogens (tertiary/aromatic N) is 1. The Hall–Kier alpha value is -1.13. The number of thiophene rings is 1. The Kier molecular flexibility index (Phi) is 4.76. The molecule has 0 atom stereocenters. The Labute approximate surface area is 154 Å². The molecule has 3 aliphatic rings. The maximum atomic E-state index is 11.9. The van der Waals surface area contributed by atoms with Crippen LogP contribution >= 0.6 is 11.3 Å². The molecule has 4 heteroatoms. The van der Waals surface area contributed by atoms with Crippen molar-refractivity contribution in [3.63, 3.8) is 0 Å². The van der Waals surface area contributed by atoms with E-state index in [0.717, 1.165) is 31.0 Å². The van der Waals surface area contributed by atoms with Crippen molar-refractivity contribution >= 4 is 22.9 Å². The van der Waals surface area contributed by atoms with Gasteiger partial charge >= 0.3 is 5.97 Å². The van der Waals surface area contributed by atoms with Gasteiger partial charge in [-0.25, -0.2) is 4.79 Å². The lowest BCUT2D eigenvalue weighted by atomic mass is 9.75. The van der Waals surface area contributed by atoms with Gasteiger partial charge in [-0.15, -0.1) is 11.3 Å². The van der Waals surface area contributed by atoms with E-state index in [4.69, 9.17) is 0 Å². The van der Waals surface area contributed by atoms with Crippen molar-refractivity contribution in [2.24, 2.45) is 11.8 Å². The van der Waals surface area contributed by atoms with Gasteiger partial charge in [0.2, 0.25) is 0 Å². The molecule has 0 amide bonds. The Morgan fingerprint density at radius 1 is 1.16 bits per heavy atom. The molecule has 0 aromatic carbocycles. The normalized spacial score (nSPS) is 28.4. The zero-order valence-electron chi connectivity index (χ0n) is 15.4. The van der Waals surface area contributed by atoms with E-state index < -0.39 is 5.97 Å². The maximum Gasteiger partial charge on any atom is 0.346 e. The zero-order chi connectivity index (χ0) is 17.6. The summed E-state index contributed by atoms with van der Waals surface area (Å²) < 4.78 is 0. The molecular weight excluding hydrogens is 330 g/mol. The number of carboxylic acids is 1. The van der Waals surface area contributed by atoms with E-state index in [2.05, 4.69) is 24.9 Å². The summed E-state index contributed by atoms with van der Waals surface area (Å²) in [5.74, 6) is 1.40. The van der Waals surface area contributed by atoms with Gasteiger partial charge in [-0.1, -0.05) is 25.3 Å². The molecule has 0 saturated heterocycles. The average Bonchev–Trinajstić information content (AvgIpc) is 3.34. The van der Waals surface area contributed by atoms with Gasteiger partial charge in [0.15, 0.2) is 0 Å². The van der Waals surface area contributed by atoms with Crippen LogP contribution < -0.4 is 0 Å². The summed E-state index contributed by atoms with van der Waals surface area (Å²) in [6.45, 7) is 4.37. The van der Waals surface area contributed by atoms with Gasteiger partial charge in [0.1, 0.15) is 4.88 Å². The average molecular weight is 360 g/mol. The molecule has 2 aliphatic carbocycles. The SMILES string of the molecule is CC1CCC(C2=C(c3cc(C4CC4)sc3C(=O)O)CN(C)CC2)CC1. The second kappa shape index (κ2) is 6.88. The van der Waals surface area contributed by atoms with Crippen LogP contribution in [0.4, 0.5) is 0 Å².